The van der Waals surface area contributed by atoms with Crippen molar-refractivity contribution in [1.82, 2.24) is 25.5 Å². The Morgan fingerprint density at radius 3 is 2.90 bits per heavy atom. The summed E-state index contributed by atoms with van der Waals surface area (Å²) in [5.41, 5.74) is 12.5. The van der Waals surface area contributed by atoms with Crippen LogP contribution < -0.4 is 16.8 Å². The molecule has 1 aromatic carbocycles. The van der Waals surface area contributed by atoms with Crippen molar-refractivity contribution in [3.05, 3.63) is 48.2 Å². The number of rotatable bonds is 2. The van der Waals surface area contributed by atoms with Crippen LogP contribution in [0.2, 0.25) is 0 Å². The molecule has 0 bridgehead atoms. The molecule has 0 fully saturated rings. The summed E-state index contributed by atoms with van der Waals surface area (Å²) in [5.74, 6) is -1.46. The van der Waals surface area contributed by atoms with E-state index >= 15 is 0 Å². The van der Waals surface area contributed by atoms with Crippen LogP contribution in [-0.2, 0) is 5.79 Å². The van der Waals surface area contributed by atoms with Gasteiger partial charge in [0.05, 0.1) is 0 Å². The zero-order valence-electron chi connectivity index (χ0n) is 10.2. The van der Waals surface area contributed by atoms with Crippen LogP contribution in [0, 0.1) is 5.82 Å². The van der Waals surface area contributed by atoms with Gasteiger partial charge < -0.3 is 11.1 Å². The van der Waals surface area contributed by atoms with Gasteiger partial charge in [0.15, 0.2) is 0 Å². The van der Waals surface area contributed by atoms with E-state index in [1.54, 1.807) is 12.3 Å². The SMILES string of the molecule is NC1=NC(N)(c2ccc(F)c(-n3cnnn3)c2)NC=C1. The predicted octanol–water partition coefficient (Wildman–Crippen LogP) is -0.656. The lowest BCUT2D eigenvalue weighted by Crippen LogP contribution is -2.49. The zero-order valence-corrected chi connectivity index (χ0v) is 10.2. The zero-order chi connectivity index (χ0) is 14.2. The molecule has 1 aromatic heterocycles. The largest absolute Gasteiger partial charge is 0.384 e. The second-order valence-electron chi connectivity index (χ2n) is 4.20. The van der Waals surface area contributed by atoms with Crippen LogP contribution in [0.4, 0.5) is 4.39 Å². The van der Waals surface area contributed by atoms with Gasteiger partial charge in [0.25, 0.3) is 0 Å². The topological polar surface area (TPSA) is 120 Å². The van der Waals surface area contributed by atoms with Gasteiger partial charge in [0.2, 0.25) is 5.79 Å². The molecule has 0 saturated carbocycles. The molecule has 8 nitrogen and oxygen atoms in total. The Morgan fingerprint density at radius 2 is 2.20 bits per heavy atom. The Balaban J connectivity index is 2.08. The molecule has 20 heavy (non-hydrogen) atoms. The average Bonchev–Trinajstić information content (AvgIpc) is 2.92. The first-order valence-corrected chi connectivity index (χ1v) is 5.70. The van der Waals surface area contributed by atoms with E-state index in [1.165, 1.54) is 29.2 Å². The molecule has 0 saturated heterocycles. The van der Waals surface area contributed by atoms with Gasteiger partial charge in [-0.3, -0.25) is 5.73 Å². The maximum atomic E-state index is 13.8. The maximum absolute atomic E-state index is 13.8. The van der Waals surface area contributed by atoms with E-state index in [2.05, 4.69) is 25.8 Å². The molecule has 102 valence electrons. The van der Waals surface area contributed by atoms with Crippen molar-refractivity contribution in [2.75, 3.05) is 0 Å². The minimum absolute atomic E-state index is 0.169. The number of benzene rings is 1. The molecule has 5 N–H and O–H groups in total. The van der Waals surface area contributed by atoms with Gasteiger partial charge in [0.1, 0.15) is 23.7 Å². The Labute approximate surface area is 113 Å². The molecule has 1 atom stereocenters. The lowest BCUT2D eigenvalue weighted by atomic mass is 10.1. The number of hydrogen-bond acceptors (Lipinski definition) is 7. The van der Waals surface area contributed by atoms with Gasteiger partial charge in [-0.05, 0) is 28.6 Å². The Bertz CT molecular complexity index is 692. The van der Waals surface area contributed by atoms with Crippen LogP contribution in [0.3, 0.4) is 0 Å². The monoisotopic (exact) mass is 274 g/mol. The van der Waals surface area contributed by atoms with Crippen LogP contribution in [0.1, 0.15) is 5.56 Å². The number of hydrogen-bond donors (Lipinski definition) is 3. The van der Waals surface area contributed by atoms with Gasteiger partial charge >= 0.3 is 0 Å². The number of nitrogens with one attached hydrogen (secondary N) is 1. The van der Waals surface area contributed by atoms with Gasteiger partial charge in [-0.2, -0.15) is 4.68 Å². The van der Waals surface area contributed by atoms with E-state index in [4.69, 9.17) is 11.5 Å². The number of aromatic nitrogens is 4. The first-order valence-electron chi connectivity index (χ1n) is 5.70. The van der Waals surface area contributed by atoms with Gasteiger partial charge in [-0.15, -0.1) is 5.10 Å². The van der Waals surface area contributed by atoms with Crippen molar-refractivity contribution >= 4 is 5.84 Å². The third-order valence-corrected chi connectivity index (χ3v) is 2.85. The molecule has 0 aliphatic carbocycles. The molecular weight excluding hydrogens is 263 g/mol. The van der Waals surface area contributed by atoms with E-state index in [9.17, 15) is 4.39 Å². The van der Waals surface area contributed by atoms with Gasteiger partial charge in [-0.25, -0.2) is 9.38 Å². The molecule has 0 radical (unpaired) electrons. The van der Waals surface area contributed by atoms with Crippen LogP contribution in [-0.4, -0.2) is 26.0 Å². The van der Waals surface area contributed by atoms with E-state index in [1.807, 2.05) is 0 Å². The van der Waals surface area contributed by atoms with Crippen LogP contribution in [0.5, 0.6) is 0 Å². The first-order chi connectivity index (χ1) is 9.58. The minimum Gasteiger partial charge on any atom is -0.384 e. The van der Waals surface area contributed by atoms with E-state index in [0.717, 1.165) is 0 Å². The number of amidine groups is 1. The molecule has 9 heteroatoms. The standard InChI is InChI=1S/C11H11FN8/c12-8-2-1-7(5-9(8)20-6-16-18-19-20)11(14)15-4-3-10(13)17-11/h1-6,15H,14H2,(H2,13,17). The minimum atomic E-state index is -1.25. The highest BCUT2D eigenvalue weighted by Crippen LogP contribution is 2.23. The Hall–Kier alpha value is -2.81. The molecular formula is C11H11FN8. The normalized spacial score (nSPS) is 21.4. The predicted molar refractivity (Wildman–Crippen MR) is 68.9 cm³/mol. The third kappa shape index (κ3) is 1.99. The lowest BCUT2D eigenvalue weighted by Gasteiger charge is -2.29. The fourth-order valence-corrected chi connectivity index (χ4v) is 1.87. The summed E-state index contributed by atoms with van der Waals surface area (Å²) >= 11 is 0. The van der Waals surface area contributed by atoms with Gasteiger partial charge in [0, 0.05) is 11.8 Å². The first kappa shape index (κ1) is 12.2. The lowest BCUT2D eigenvalue weighted by molar-refractivity contribution is 0.408. The van der Waals surface area contributed by atoms with Crippen LogP contribution in [0.15, 0.2) is 41.8 Å². The highest BCUT2D eigenvalue weighted by molar-refractivity contribution is 5.92. The van der Waals surface area contributed by atoms with Crippen molar-refractivity contribution in [2.24, 2.45) is 16.5 Å². The number of nitrogens with zero attached hydrogens (tertiary/aromatic N) is 5. The van der Waals surface area contributed by atoms with Crippen LogP contribution in [0.25, 0.3) is 5.69 Å². The Kier molecular flexibility index (Phi) is 2.68. The van der Waals surface area contributed by atoms with Crippen molar-refractivity contribution in [1.29, 1.82) is 0 Å². The fourth-order valence-electron chi connectivity index (χ4n) is 1.87. The average molecular weight is 274 g/mol. The highest BCUT2D eigenvalue weighted by Gasteiger charge is 2.28. The molecule has 0 amide bonds. The maximum Gasteiger partial charge on any atom is 0.211 e. The molecule has 2 heterocycles. The van der Waals surface area contributed by atoms with E-state index in [-0.39, 0.29) is 11.5 Å². The van der Waals surface area contributed by atoms with Crippen molar-refractivity contribution in [2.45, 2.75) is 5.79 Å². The van der Waals surface area contributed by atoms with Crippen molar-refractivity contribution in [3.8, 4) is 5.69 Å². The smallest absolute Gasteiger partial charge is 0.211 e. The molecule has 1 aliphatic rings. The summed E-state index contributed by atoms with van der Waals surface area (Å²) in [6.07, 6.45) is 4.45. The number of halogens is 1. The number of nitrogens with two attached hydrogens (primary N) is 2. The molecule has 0 spiro atoms. The summed E-state index contributed by atoms with van der Waals surface area (Å²) < 4.78 is 15.1. The fraction of sp³-hybridized carbons (Fsp3) is 0.0909. The van der Waals surface area contributed by atoms with Crippen LogP contribution >= 0.6 is 0 Å². The second-order valence-corrected chi connectivity index (χ2v) is 4.20. The van der Waals surface area contributed by atoms with E-state index < -0.39 is 11.6 Å². The summed E-state index contributed by atoms with van der Waals surface area (Å²) in [6, 6.07) is 4.30. The third-order valence-electron chi connectivity index (χ3n) is 2.85. The van der Waals surface area contributed by atoms with Crippen molar-refractivity contribution < 1.29 is 4.39 Å². The number of aliphatic imine (C=N–C) groups is 1. The quantitative estimate of drug-likeness (QED) is 0.669. The highest BCUT2D eigenvalue weighted by atomic mass is 19.1. The van der Waals surface area contributed by atoms with Crippen molar-refractivity contribution in [3.63, 3.8) is 0 Å². The summed E-state index contributed by atoms with van der Waals surface area (Å²) in [6.45, 7) is 0. The summed E-state index contributed by atoms with van der Waals surface area (Å²) in [4.78, 5) is 4.13. The molecule has 3 rings (SSSR count). The summed E-state index contributed by atoms with van der Waals surface area (Å²) in [5, 5.41) is 13.5. The molecule has 2 aromatic rings. The number of tetrazole rings is 1. The molecule has 1 unspecified atom stereocenters. The molecule has 1 aliphatic heterocycles. The van der Waals surface area contributed by atoms with E-state index in [0.29, 0.717) is 5.56 Å². The van der Waals surface area contributed by atoms with Gasteiger partial charge in [-0.1, -0.05) is 6.07 Å². The Morgan fingerprint density at radius 1 is 1.35 bits per heavy atom. The summed E-state index contributed by atoms with van der Waals surface area (Å²) in [7, 11) is 0. The second kappa shape index (κ2) is 4.38.